The zero-order valence-corrected chi connectivity index (χ0v) is 16.8. The molecule has 3 rings (SSSR count). The molecule has 0 aromatic heterocycles. The molecular formula is C21H21Cl2FN2O2. The van der Waals surface area contributed by atoms with E-state index in [9.17, 15) is 14.0 Å². The summed E-state index contributed by atoms with van der Waals surface area (Å²) in [5.41, 5.74) is 0.949. The van der Waals surface area contributed by atoms with Gasteiger partial charge in [-0.3, -0.25) is 9.59 Å². The Hall–Kier alpha value is -2.11. The maximum atomic E-state index is 13.9. The molecule has 2 amide bonds. The molecule has 4 nitrogen and oxygen atoms in total. The fourth-order valence-electron chi connectivity index (χ4n) is 3.30. The van der Waals surface area contributed by atoms with E-state index in [0.29, 0.717) is 55.5 Å². The Labute approximate surface area is 173 Å². The molecule has 1 aliphatic rings. The molecule has 1 fully saturated rings. The monoisotopic (exact) mass is 422 g/mol. The Balaban J connectivity index is 1.56. The summed E-state index contributed by atoms with van der Waals surface area (Å²) in [4.78, 5) is 28.6. The van der Waals surface area contributed by atoms with Crippen LogP contribution in [0.25, 0.3) is 0 Å². The van der Waals surface area contributed by atoms with Crippen molar-refractivity contribution in [2.24, 2.45) is 0 Å². The Morgan fingerprint density at radius 2 is 1.68 bits per heavy atom. The van der Waals surface area contributed by atoms with Crippen LogP contribution >= 0.6 is 23.2 Å². The van der Waals surface area contributed by atoms with Crippen LogP contribution in [0.15, 0.2) is 42.5 Å². The molecule has 2 aromatic rings. The minimum atomic E-state index is -0.524. The van der Waals surface area contributed by atoms with Crippen LogP contribution < -0.4 is 0 Å². The number of benzene rings is 2. The van der Waals surface area contributed by atoms with Gasteiger partial charge in [-0.15, -0.1) is 0 Å². The van der Waals surface area contributed by atoms with Crippen molar-refractivity contribution < 1.29 is 14.0 Å². The number of carbonyl (C=O) groups is 2. The summed E-state index contributed by atoms with van der Waals surface area (Å²) in [6.07, 6.45) is 1.53. The van der Waals surface area contributed by atoms with Crippen LogP contribution in [0.1, 0.15) is 28.8 Å². The largest absolute Gasteiger partial charge is 0.341 e. The number of amides is 2. The number of hydrogen-bond donors (Lipinski definition) is 0. The summed E-state index contributed by atoms with van der Waals surface area (Å²) in [5.74, 6) is -0.837. The first-order valence-corrected chi connectivity index (χ1v) is 9.97. The molecule has 0 aliphatic carbocycles. The van der Waals surface area contributed by atoms with Crippen molar-refractivity contribution in [3.63, 3.8) is 0 Å². The highest BCUT2D eigenvalue weighted by Crippen LogP contribution is 2.22. The fraction of sp³-hybridized carbons (Fsp3) is 0.333. The van der Waals surface area contributed by atoms with Gasteiger partial charge in [-0.2, -0.15) is 0 Å². The van der Waals surface area contributed by atoms with Gasteiger partial charge in [0.2, 0.25) is 5.91 Å². The fourth-order valence-corrected chi connectivity index (χ4v) is 3.80. The smallest absolute Gasteiger partial charge is 0.256 e. The van der Waals surface area contributed by atoms with Crippen LogP contribution in [-0.2, 0) is 11.2 Å². The molecule has 2 aromatic carbocycles. The molecule has 0 N–H and O–H groups in total. The minimum absolute atomic E-state index is 0.0196. The minimum Gasteiger partial charge on any atom is -0.341 e. The number of carbonyl (C=O) groups excluding carboxylic acids is 2. The van der Waals surface area contributed by atoms with Crippen LogP contribution in [-0.4, -0.2) is 47.8 Å². The second-order valence-electron chi connectivity index (χ2n) is 6.74. The third-order valence-corrected chi connectivity index (χ3v) is 5.45. The summed E-state index contributed by atoms with van der Waals surface area (Å²) in [7, 11) is 0. The average molecular weight is 423 g/mol. The summed E-state index contributed by atoms with van der Waals surface area (Å²) in [5, 5.41) is 1.12. The third-order valence-electron chi connectivity index (χ3n) is 4.86. The lowest BCUT2D eigenvalue weighted by Crippen LogP contribution is -2.37. The molecule has 0 saturated carbocycles. The molecule has 0 spiro atoms. The van der Waals surface area contributed by atoms with Gasteiger partial charge >= 0.3 is 0 Å². The van der Waals surface area contributed by atoms with Gasteiger partial charge in [0.05, 0.1) is 5.56 Å². The van der Waals surface area contributed by atoms with E-state index < -0.39 is 5.82 Å². The predicted octanol–water partition coefficient (Wildman–Crippen LogP) is 4.44. The number of nitrogens with zero attached hydrogens (tertiary/aromatic N) is 2. The topological polar surface area (TPSA) is 40.6 Å². The van der Waals surface area contributed by atoms with E-state index >= 15 is 0 Å². The molecule has 0 unspecified atom stereocenters. The van der Waals surface area contributed by atoms with Crippen molar-refractivity contribution in [2.75, 3.05) is 26.2 Å². The van der Waals surface area contributed by atoms with Gasteiger partial charge in [0.25, 0.3) is 5.91 Å². The van der Waals surface area contributed by atoms with E-state index in [1.807, 2.05) is 6.07 Å². The van der Waals surface area contributed by atoms with Gasteiger partial charge in [-0.25, -0.2) is 4.39 Å². The zero-order chi connectivity index (χ0) is 20.1. The number of rotatable bonds is 4. The van der Waals surface area contributed by atoms with Crippen LogP contribution in [0.4, 0.5) is 4.39 Å². The molecule has 0 radical (unpaired) electrons. The van der Waals surface area contributed by atoms with Gasteiger partial charge in [0.15, 0.2) is 0 Å². The van der Waals surface area contributed by atoms with Crippen LogP contribution in [0.2, 0.25) is 10.0 Å². The third kappa shape index (κ3) is 5.03. The second-order valence-corrected chi connectivity index (χ2v) is 7.59. The quantitative estimate of drug-likeness (QED) is 0.730. The van der Waals surface area contributed by atoms with Crippen LogP contribution in [0.3, 0.4) is 0 Å². The molecule has 1 heterocycles. The van der Waals surface area contributed by atoms with Gasteiger partial charge in [0.1, 0.15) is 5.82 Å². The Morgan fingerprint density at radius 3 is 2.43 bits per heavy atom. The highest BCUT2D eigenvalue weighted by atomic mass is 35.5. The first-order valence-electron chi connectivity index (χ1n) is 9.21. The second kappa shape index (κ2) is 9.39. The van der Waals surface area contributed by atoms with E-state index in [4.69, 9.17) is 23.2 Å². The van der Waals surface area contributed by atoms with Gasteiger partial charge in [-0.05, 0) is 42.7 Å². The highest BCUT2D eigenvalue weighted by Gasteiger charge is 2.24. The highest BCUT2D eigenvalue weighted by molar-refractivity contribution is 6.35. The first kappa shape index (κ1) is 20.6. The summed E-state index contributed by atoms with van der Waals surface area (Å²) in [6, 6.07) is 11.2. The SMILES string of the molecule is O=C(CCc1ccc(Cl)cc1Cl)N1CCCN(C(=O)c2ccccc2F)CC1. The van der Waals surface area contributed by atoms with Crippen molar-refractivity contribution >= 4 is 35.0 Å². The molecule has 1 aliphatic heterocycles. The maximum Gasteiger partial charge on any atom is 0.256 e. The number of aryl methyl sites for hydroxylation is 1. The van der Waals surface area contributed by atoms with Crippen molar-refractivity contribution in [1.29, 1.82) is 0 Å². The standard InChI is InChI=1S/C21H21Cl2FN2O2/c22-16-8-6-15(18(23)14-16)7-9-20(27)25-10-3-11-26(13-12-25)21(28)17-4-1-2-5-19(17)24/h1-2,4-6,8,14H,3,7,9-13H2. The van der Waals surface area contributed by atoms with Crippen molar-refractivity contribution in [2.45, 2.75) is 19.3 Å². The van der Waals surface area contributed by atoms with Crippen molar-refractivity contribution in [3.8, 4) is 0 Å². The number of hydrogen-bond acceptors (Lipinski definition) is 2. The van der Waals surface area contributed by atoms with Crippen LogP contribution in [0.5, 0.6) is 0 Å². The van der Waals surface area contributed by atoms with E-state index in [-0.39, 0.29) is 17.4 Å². The van der Waals surface area contributed by atoms with E-state index in [2.05, 4.69) is 0 Å². The Kier molecular flexibility index (Phi) is 6.92. The normalized spacial score (nSPS) is 14.7. The molecule has 7 heteroatoms. The van der Waals surface area contributed by atoms with Crippen molar-refractivity contribution in [1.82, 2.24) is 9.80 Å². The molecular weight excluding hydrogens is 402 g/mol. The van der Waals surface area contributed by atoms with E-state index in [1.54, 1.807) is 34.1 Å². The molecule has 1 saturated heterocycles. The average Bonchev–Trinajstić information content (AvgIpc) is 2.93. The number of halogens is 3. The van der Waals surface area contributed by atoms with Crippen molar-refractivity contribution in [3.05, 3.63) is 69.5 Å². The molecule has 0 bridgehead atoms. The lowest BCUT2D eigenvalue weighted by atomic mass is 10.1. The lowest BCUT2D eigenvalue weighted by molar-refractivity contribution is -0.131. The Bertz CT molecular complexity index is 875. The lowest BCUT2D eigenvalue weighted by Gasteiger charge is -2.22. The van der Waals surface area contributed by atoms with Gasteiger partial charge in [0, 0.05) is 42.6 Å². The summed E-state index contributed by atoms with van der Waals surface area (Å²) < 4.78 is 13.9. The van der Waals surface area contributed by atoms with E-state index in [0.717, 1.165) is 5.56 Å². The summed E-state index contributed by atoms with van der Waals surface area (Å²) >= 11 is 12.1. The van der Waals surface area contributed by atoms with E-state index in [1.165, 1.54) is 12.1 Å². The zero-order valence-electron chi connectivity index (χ0n) is 15.3. The molecule has 28 heavy (non-hydrogen) atoms. The van der Waals surface area contributed by atoms with Gasteiger partial charge < -0.3 is 9.80 Å². The first-order chi connectivity index (χ1) is 13.5. The molecule has 0 atom stereocenters. The Morgan fingerprint density at radius 1 is 0.964 bits per heavy atom. The van der Waals surface area contributed by atoms with Crippen LogP contribution in [0, 0.1) is 5.82 Å². The predicted molar refractivity (Wildman–Crippen MR) is 108 cm³/mol. The summed E-state index contributed by atoms with van der Waals surface area (Å²) in [6.45, 7) is 1.90. The molecule has 148 valence electrons. The maximum absolute atomic E-state index is 13.9. The van der Waals surface area contributed by atoms with Gasteiger partial charge in [-0.1, -0.05) is 41.4 Å².